The highest BCUT2D eigenvalue weighted by atomic mass is 16.7. The predicted octanol–water partition coefficient (Wildman–Crippen LogP) is 1.52. The van der Waals surface area contributed by atoms with Crippen LogP contribution in [-0.2, 0) is 28.5 Å². The first-order chi connectivity index (χ1) is 11.6. The van der Waals surface area contributed by atoms with Crippen molar-refractivity contribution >= 4 is 11.9 Å². The topological polar surface area (TPSA) is 97.1 Å². The molecule has 0 aromatic rings. The third-order valence-corrected chi connectivity index (χ3v) is 4.52. The van der Waals surface area contributed by atoms with Crippen LogP contribution in [-0.4, -0.2) is 50.2 Å². The number of hydrogen-bond donors (Lipinski definition) is 1. The van der Waals surface area contributed by atoms with Gasteiger partial charge in [0.15, 0.2) is 6.29 Å². The van der Waals surface area contributed by atoms with Gasteiger partial charge in [0.05, 0.1) is 13.0 Å². The van der Waals surface area contributed by atoms with E-state index in [1.54, 1.807) is 6.92 Å². The number of ether oxygens (including phenoxy) is 4. The minimum absolute atomic E-state index is 0.0466. The van der Waals surface area contributed by atoms with Gasteiger partial charge in [0.1, 0.15) is 6.10 Å². The maximum Gasteiger partial charge on any atom is 0.306 e. The van der Waals surface area contributed by atoms with E-state index in [1.165, 1.54) is 0 Å². The van der Waals surface area contributed by atoms with Crippen LogP contribution in [0.25, 0.3) is 0 Å². The zero-order valence-corrected chi connectivity index (χ0v) is 14.4. The summed E-state index contributed by atoms with van der Waals surface area (Å²) in [5.41, 5.74) is 6.19. The molecule has 0 amide bonds. The second-order valence-corrected chi connectivity index (χ2v) is 6.36. The molecule has 2 unspecified atom stereocenters. The summed E-state index contributed by atoms with van der Waals surface area (Å²) in [6, 6.07) is -0.245. The maximum absolute atomic E-state index is 11.6. The van der Waals surface area contributed by atoms with Gasteiger partial charge in [-0.15, -0.1) is 0 Å². The summed E-state index contributed by atoms with van der Waals surface area (Å²) in [4.78, 5) is 23.1. The van der Waals surface area contributed by atoms with Gasteiger partial charge >= 0.3 is 11.9 Å². The van der Waals surface area contributed by atoms with Crippen LogP contribution in [0.2, 0.25) is 0 Å². The summed E-state index contributed by atoms with van der Waals surface area (Å²) in [6.07, 6.45) is 4.32. The van der Waals surface area contributed by atoms with Crippen LogP contribution < -0.4 is 5.73 Å². The Hall–Kier alpha value is -1.18. The molecule has 0 saturated carbocycles. The average molecular weight is 343 g/mol. The van der Waals surface area contributed by atoms with Gasteiger partial charge in [-0.1, -0.05) is 0 Å². The molecule has 7 heteroatoms. The van der Waals surface area contributed by atoms with Crippen molar-refractivity contribution in [2.24, 2.45) is 11.7 Å². The average Bonchev–Trinajstić information content (AvgIpc) is 3.19. The molecule has 0 aliphatic carbocycles. The van der Waals surface area contributed by atoms with Crippen molar-refractivity contribution in [2.45, 2.75) is 70.3 Å². The molecule has 2 aliphatic rings. The summed E-state index contributed by atoms with van der Waals surface area (Å²) >= 11 is 0. The van der Waals surface area contributed by atoms with Crippen LogP contribution in [0.15, 0.2) is 0 Å². The van der Waals surface area contributed by atoms with Crippen molar-refractivity contribution in [1.29, 1.82) is 0 Å². The number of hydrogen-bond acceptors (Lipinski definition) is 7. The molecule has 0 spiro atoms. The first kappa shape index (κ1) is 19.1. The molecule has 2 aliphatic heterocycles. The fraction of sp³-hybridized carbons (Fsp3) is 0.882. The maximum atomic E-state index is 11.6. The van der Waals surface area contributed by atoms with E-state index in [4.69, 9.17) is 24.7 Å². The second kappa shape index (κ2) is 9.96. The van der Waals surface area contributed by atoms with E-state index in [0.717, 1.165) is 32.3 Å². The first-order valence-corrected chi connectivity index (χ1v) is 8.94. The lowest BCUT2D eigenvalue weighted by molar-refractivity contribution is -0.144. The SMILES string of the molecule is CCOC(=O)CCC(N)[C@H]1CC(=O)O[C@@H]1CCCOC1CCCO1. The van der Waals surface area contributed by atoms with Gasteiger partial charge in [-0.3, -0.25) is 9.59 Å². The molecule has 0 aromatic carbocycles. The van der Waals surface area contributed by atoms with Gasteiger partial charge in [0.25, 0.3) is 0 Å². The Morgan fingerprint density at radius 2 is 2.29 bits per heavy atom. The lowest BCUT2D eigenvalue weighted by atomic mass is 9.88. The van der Waals surface area contributed by atoms with Gasteiger partial charge in [-0.2, -0.15) is 0 Å². The van der Waals surface area contributed by atoms with E-state index in [9.17, 15) is 9.59 Å². The van der Waals surface area contributed by atoms with E-state index in [-0.39, 0.29) is 42.7 Å². The Morgan fingerprint density at radius 3 is 3.00 bits per heavy atom. The number of cyclic esters (lactones) is 1. The number of esters is 2. The molecule has 2 fully saturated rings. The van der Waals surface area contributed by atoms with Gasteiger partial charge in [0.2, 0.25) is 0 Å². The molecule has 0 bridgehead atoms. The number of carbonyl (C=O) groups excluding carboxylic acids is 2. The van der Waals surface area contributed by atoms with Crippen LogP contribution in [0.4, 0.5) is 0 Å². The summed E-state index contributed by atoms with van der Waals surface area (Å²) in [7, 11) is 0. The van der Waals surface area contributed by atoms with Crippen molar-refractivity contribution in [3.8, 4) is 0 Å². The summed E-state index contributed by atoms with van der Waals surface area (Å²) in [5, 5.41) is 0. The molecular weight excluding hydrogens is 314 g/mol. The first-order valence-electron chi connectivity index (χ1n) is 8.94. The van der Waals surface area contributed by atoms with Gasteiger partial charge in [0, 0.05) is 38.0 Å². The molecule has 2 rings (SSSR count). The van der Waals surface area contributed by atoms with E-state index in [0.29, 0.717) is 26.1 Å². The van der Waals surface area contributed by atoms with E-state index in [2.05, 4.69) is 0 Å². The third kappa shape index (κ3) is 6.03. The molecule has 0 aromatic heterocycles. The summed E-state index contributed by atoms with van der Waals surface area (Å²) in [6.45, 7) is 3.49. The lowest BCUT2D eigenvalue weighted by Gasteiger charge is -2.23. The quantitative estimate of drug-likeness (QED) is 0.474. The minimum Gasteiger partial charge on any atom is -0.466 e. The van der Waals surface area contributed by atoms with Crippen molar-refractivity contribution in [2.75, 3.05) is 19.8 Å². The summed E-state index contributed by atoms with van der Waals surface area (Å²) in [5.74, 6) is -0.508. The lowest BCUT2D eigenvalue weighted by Crippen LogP contribution is -2.36. The van der Waals surface area contributed by atoms with Crippen molar-refractivity contribution in [3.05, 3.63) is 0 Å². The smallest absolute Gasteiger partial charge is 0.306 e. The highest BCUT2D eigenvalue weighted by Gasteiger charge is 2.38. The van der Waals surface area contributed by atoms with Gasteiger partial charge < -0.3 is 24.7 Å². The van der Waals surface area contributed by atoms with Crippen LogP contribution >= 0.6 is 0 Å². The zero-order chi connectivity index (χ0) is 17.4. The third-order valence-electron chi connectivity index (χ3n) is 4.52. The van der Waals surface area contributed by atoms with Crippen molar-refractivity contribution < 1.29 is 28.5 Å². The van der Waals surface area contributed by atoms with Gasteiger partial charge in [-0.25, -0.2) is 0 Å². The Labute approximate surface area is 143 Å². The molecule has 0 radical (unpaired) electrons. The molecule has 24 heavy (non-hydrogen) atoms. The Balaban J connectivity index is 1.69. The zero-order valence-electron chi connectivity index (χ0n) is 14.4. The fourth-order valence-corrected chi connectivity index (χ4v) is 3.24. The molecule has 2 N–H and O–H groups in total. The Bertz CT molecular complexity index is 410. The molecule has 7 nitrogen and oxygen atoms in total. The summed E-state index contributed by atoms with van der Waals surface area (Å²) < 4.78 is 21.3. The number of carbonyl (C=O) groups is 2. The monoisotopic (exact) mass is 343 g/mol. The van der Waals surface area contributed by atoms with Crippen molar-refractivity contribution in [1.82, 2.24) is 0 Å². The van der Waals surface area contributed by atoms with Crippen molar-refractivity contribution in [3.63, 3.8) is 0 Å². The predicted molar refractivity (Wildman–Crippen MR) is 86.0 cm³/mol. The molecule has 138 valence electrons. The molecule has 4 atom stereocenters. The van der Waals surface area contributed by atoms with E-state index >= 15 is 0 Å². The van der Waals surface area contributed by atoms with E-state index < -0.39 is 0 Å². The van der Waals surface area contributed by atoms with E-state index in [1.807, 2.05) is 0 Å². The largest absolute Gasteiger partial charge is 0.466 e. The fourth-order valence-electron chi connectivity index (χ4n) is 3.24. The highest BCUT2D eigenvalue weighted by molar-refractivity contribution is 5.72. The van der Waals surface area contributed by atoms with Crippen LogP contribution in [0.3, 0.4) is 0 Å². The van der Waals surface area contributed by atoms with Gasteiger partial charge in [-0.05, 0) is 32.6 Å². The Morgan fingerprint density at radius 1 is 1.46 bits per heavy atom. The van der Waals surface area contributed by atoms with Crippen LogP contribution in [0.1, 0.15) is 51.9 Å². The van der Waals surface area contributed by atoms with Crippen LogP contribution in [0, 0.1) is 5.92 Å². The highest BCUT2D eigenvalue weighted by Crippen LogP contribution is 2.29. The standard InChI is InChI=1S/C17H29NO6/c1-2-21-15(19)8-7-13(18)12-11-16(20)24-14(12)5-3-9-22-17-6-4-10-23-17/h12-14,17H,2-11,18H2,1H3/t12-,13?,14-,17?/m1/s1. The second-order valence-electron chi connectivity index (χ2n) is 6.36. The molecule has 2 heterocycles. The Kier molecular flexibility index (Phi) is 7.94. The number of rotatable bonds is 10. The molecule has 2 saturated heterocycles. The number of nitrogens with two attached hydrogens (primary N) is 1. The minimum atomic E-state index is -0.250. The van der Waals surface area contributed by atoms with Crippen LogP contribution in [0.5, 0.6) is 0 Å². The normalized spacial score (nSPS) is 27.9. The molecular formula is C17H29NO6.